The van der Waals surface area contributed by atoms with E-state index in [1.807, 2.05) is 32.9 Å². The molecule has 0 radical (unpaired) electrons. The molecule has 326 valence electrons. The van der Waals surface area contributed by atoms with Crippen LogP contribution in [0.25, 0.3) is 0 Å². The Bertz CT molecular complexity index is 1490. The number of benzene rings is 1. The molecule has 1 fully saturated rings. The van der Waals surface area contributed by atoms with Crippen LogP contribution in [-0.2, 0) is 14.3 Å². The second-order valence-corrected chi connectivity index (χ2v) is 17.5. The molecule has 2 N–H and O–H groups in total. The largest absolute Gasteiger partial charge is 0.490 e. The third-order valence-corrected chi connectivity index (χ3v) is 11.9. The van der Waals surface area contributed by atoms with Crippen molar-refractivity contribution < 1.29 is 38.8 Å². The third kappa shape index (κ3) is 12.8. The molecule has 58 heavy (non-hydrogen) atoms. The van der Waals surface area contributed by atoms with Crippen molar-refractivity contribution >= 4 is 11.8 Å². The molecule has 1 aromatic carbocycles. The monoisotopic (exact) mass is 809 g/mol. The van der Waals surface area contributed by atoms with Crippen LogP contribution in [0.5, 0.6) is 11.5 Å². The fourth-order valence-corrected chi connectivity index (χ4v) is 9.14. The summed E-state index contributed by atoms with van der Waals surface area (Å²) >= 11 is 0. The molecular weight excluding hydrogens is 733 g/mol. The smallest absolute Gasteiger partial charge is 0.409 e. The van der Waals surface area contributed by atoms with E-state index in [-0.39, 0.29) is 43.5 Å². The number of allylic oxidation sites excluding steroid dienone is 1. The van der Waals surface area contributed by atoms with E-state index in [1.165, 1.54) is 44.9 Å². The summed E-state index contributed by atoms with van der Waals surface area (Å²) < 4.78 is 26.3. The maximum atomic E-state index is 14.1. The van der Waals surface area contributed by atoms with Gasteiger partial charge in [-0.3, -0.25) is 0 Å². The predicted molar refractivity (Wildman–Crippen MR) is 232 cm³/mol. The molecule has 10 heteroatoms. The fourth-order valence-electron chi connectivity index (χ4n) is 9.14. The first kappa shape index (κ1) is 47.3. The van der Waals surface area contributed by atoms with Crippen LogP contribution in [0, 0.1) is 17.8 Å². The van der Waals surface area contributed by atoms with Gasteiger partial charge in [0.2, 0.25) is 5.79 Å². The fraction of sp³-hybridized carbons (Fsp3) is 0.708. The third-order valence-electron chi connectivity index (χ3n) is 11.9. The number of rotatable bonds is 27. The average molecular weight is 809 g/mol. The quantitative estimate of drug-likeness (QED) is 0.0512. The minimum atomic E-state index is -1.32. The highest BCUT2D eigenvalue weighted by atomic mass is 16.7. The van der Waals surface area contributed by atoms with Gasteiger partial charge >= 0.3 is 6.09 Å². The van der Waals surface area contributed by atoms with Crippen molar-refractivity contribution in [2.45, 2.75) is 160 Å². The molecule has 1 amide bonds. The molecule has 6 atom stereocenters. The van der Waals surface area contributed by atoms with E-state index >= 15 is 0 Å². The zero-order valence-corrected chi connectivity index (χ0v) is 36.6. The summed E-state index contributed by atoms with van der Waals surface area (Å²) in [7, 11) is 1.78. The number of hydrogen-bond donors (Lipinski definition) is 2. The van der Waals surface area contributed by atoms with Gasteiger partial charge in [0.15, 0.2) is 0 Å². The summed E-state index contributed by atoms with van der Waals surface area (Å²) in [6.07, 6.45) is 22.6. The van der Waals surface area contributed by atoms with E-state index in [0.29, 0.717) is 44.0 Å². The Morgan fingerprint density at radius 2 is 1.59 bits per heavy atom. The minimum Gasteiger partial charge on any atom is -0.490 e. The van der Waals surface area contributed by atoms with Crippen LogP contribution >= 0.6 is 0 Å². The Morgan fingerprint density at radius 3 is 2.22 bits per heavy atom. The SMILES string of the molecule is C=CCOc1ccc2c(c1)C1C(CCCCO)C(CCCCO)C=C3C(=NOC(C)(C)C)CC(N(C)C(=O)OCCCCCCCCCCCC)C(OCC=C)(O2)C31. The Morgan fingerprint density at radius 1 is 0.931 bits per heavy atom. The number of aliphatic hydroxyl groups is 2. The second-order valence-electron chi connectivity index (χ2n) is 17.5. The number of nitrogens with zero attached hydrogens (tertiary/aromatic N) is 2. The topological polar surface area (TPSA) is 119 Å². The van der Waals surface area contributed by atoms with Crippen molar-refractivity contribution in [2.24, 2.45) is 22.9 Å². The summed E-state index contributed by atoms with van der Waals surface area (Å²) in [6.45, 7) is 17.2. The second kappa shape index (κ2) is 24.0. The van der Waals surface area contributed by atoms with Gasteiger partial charge in [0.05, 0.1) is 24.8 Å². The molecule has 4 rings (SSSR count). The molecule has 1 heterocycles. The van der Waals surface area contributed by atoms with Crippen molar-refractivity contribution in [1.29, 1.82) is 0 Å². The van der Waals surface area contributed by atoms with E-state index in [4.69, 9.17) is 28.9 Å². The highest BCUT2D eigenvalue weighted by Gasteiger charge is 2.65. The normalized spacial score (nSPS) is 24.2. The first-order valence-corrected chi connectivity index (χ1v) is 22.4. The number of carbonyl (C=O) groups is 1. The summed E-state index contributed by atoms with van der Waals surface area (Å²) in [6, 6.07) is 5.33. The van der Waals surface area contributed by atoms with Gasteiger partial charge in [0, 0.05) is 38.2 Å². The summed E-state index contributed by atoms with van der Waals surface area (Å²) in [4.78, 5) is 21.9. The molecule has 1 aliphatic heterocycles. The van der Waals surface area contributed by atoms with Crippen LogP contribution < -0.4 is 9.47 Å². The van der Waals surface area contributed by atoms with E-state index in [1.54, 1.807) is 24.1 Å². The number of amides is 1. The lowest BCUT2D eigenvalue weighted by Crippen LogP contribution is -2.69. The molecule has 0 saturated heterocycles. The lowest BCUT2D eigenvalue weighted by Gasteiger charge is -2.59. The maximum Gasteiger partial charge on any atom is 0.409 e. The zero-order valence-electron chi connectivity index (χ0n) is 36.6. The number of aliphatic hydroxyl groups excluding tert-OH is 2. The first-order valence-electron chi connectivity index (χ1n) is 22.4. The highest BCUT2D eigenvalue weighted by molar-refractivity contribution is 6.03. The number of carbonyl (C=O) groups excluding carboxylic acids is 1. The van der Waals surface area contributed by atoms with Gasteiger partial charge in [-0.2, -0.15) is 0 Å². The summed E-state index contributed by atoms with van der Waals surface area (Å²) in [5.41, 5.74) is 2.22. The van der Waals surface area contributed by atoms with Crippen LogP contribution in [-0.4, -0.2) is 84.4 Å². The minimum absolute atomic E-state index is 0.123. The van der Waals surface area contributed by atoms with E-state index in [0.717, 1.165) is 61.8 Å². The molecule has 6 unspecified atom stereocenters. The van der Waals surface area contributed by atoms with Crippen molar-refractivity contribution in [3.8, 4) is 11.5 Å². The molecular formula is C48H76N2O8. The molecule has 10 nitrogen and oxygen atoms in total. The number of oxime groups is 1. The van der Waals surface area contributed by atoms with Gasteiger partial charge in [0.25, 0.3) is 0 Å². The maximum absolute atomic E-state index is 14.1. The van der Waals surface area contributed by atoms with Crippen LogP contribution in [0.4, 0.5) is 4.79 Å². The van der Waals surface area contributed by atoms with Gasteiger partial charge in [-0.25, -0.2) is 4.79 Å². The standard InChI is InChI=1S/C48H76N2O8/c1-8-11-12-13-14-15-16-17-18-23-32-55-46(53)50(7)43-35-41(49-58-47(4,5)6)39-33-36(24-19-21-28-51)38(25-20-22-29-52)44-40-34-37(54-30-9-2)26-27-42(40)57-48(43,45(39)44)56-31-10-3/h9-10,26-27,33-34,36,38,43-45,51-52H,2-3,8,11-25,28-32,35H2,1,4-7H3. The molecule has 1 saturated carbocycles. The molecule has 0 aromatic heterocycles. The van der Waals surface area contributed by atoms with Gasteiger partial charge in [-0.1, -0.05) is 108 Å². The van der Waals surface area contributed by atoms with E-state index in [9.17, 15) is 15.0 Å². The first-order chi connectivity index (χ1) is 28.0. The average Bonchev–Trinajstić information content (AvgIpc) is 3.21. The van der Waals surface area contributed by atoms with E-state index in [2.05, 4.69) is 32.2 Å². The van der Waals surface area contributed by atoms with Crippen LogP contribution in [0.15, 0.2) is 60.3 Å². The van der Waals surface area contributed by atoms with Crippen molar-refractivity contribution in [1.82, 2.24) is 4.90 Å². The van der Waals surface area contributed by atoms with Crippen LogP contribution in [0.2, 0.25) is 0 Å². The number of unbranched alkanes of at least 4 members (excludes halogenated alkanes) is 11. The number of ether oxygens (including phenoxy) is 4. The molecule has 1 aromatic rings. The van der Waals surface area contributed by atoms with Gasteiger partial charge in [-0.15, -0.1) is 6.58 Å². The Labute approximate surface area is 350 Å². The van der Waals surface area contributed by atoms with Gasteiger partial charge < -0.3 is 38.9 Å². The molecule has 2 aliphatic carbocycles. The van der Waals surface area contributed by atoms with E-state index < -0.39 is 23.5 Å². The molecule has 0 bridgehead atoms. The van der Waals surface area contributed by atoms with Crippen molar-refractivity contribution in [3.63, 3.8) is 0 Å². The Balaban J connectivity index is 1.76. The molecule has 0 spiro atoms. The van der Waals surface area contributed by atoms with Crippen molar-refractivity contribution in [3.05, 3.63) is 60.7 Å². The van der Waals surface area contributed by atoms with Crippen molar-refractivity contribution in [2.75, 3.05) is 40.1 Å². The number of fused-ring (bicyclic) bond motifs is 2. The van der Waals surface area contributed by atoms with Crippen LogP contribution in [0.3, 0.4) is 0 Å². The predicted octanol–water partition coefficient (Wildman–Crippen LogP) is 10.7. The molecule has 3 aliphatic rings. The van der Waals surface area contributed by atoms with Crippen LogP contribution in [0.1, 0.15) is 148 Å². The Hall–Kier alpha value is -3.34. The van der Waals surface area contributed by atoms with Gasteiger partial charge in [-0.05, 0) is 88.5 Å². The number of hydrogen-bond acceptors (Lipinski definition) is 9. The summed E-state index contributed by atoms with van der Waals surface area (Å²) in [5.74, 6) is -0.171. The van der Waals surface area contributed by atoms with Gasteiger partial charge in [0.1, 0.15) is 29.7 Å². The highest BCUT2D eigenvalue weighted by Crippen LogP contribution is 2.61. The number of likely N-dealkylation sites (N-methyl/N-ethyl adjacent to an activating group) is 1. The lowest BCUT2D eigenvalue weighted by molar-refractivity contribution is -0.253. The summed E-state index contributed by atoms with van der Waals surface area (Å²) in [5, 5.41) is 24.5. The zero-order chi connectivity index (χ0) is 42.0. The lowest BCUT2D eigenvalue weighted by atomic mass is 9.55. The Kier molecular flexibility index (Phi) is 19.6.